The zero-order valence-electron chi connectivity index (χ0n) is 13.6. The van der Waals surface area contributed by atoms with Crippen molar-refractivity contribution in [3.8, 4) is 11.5 Å². The highest BCUT2D eigenvalue weighted by molar-refractivity contribution is 6.05. The number of carbonyl (C=O) groups is 1. The number of ether oxygens (including phenoxy) is 2. The van der Waals surface area contributed by atoms with E-state index in [4.69, 9.17) is 15.2 Å². The molecular formula is C18H22N2O3. The molecule has 3 N–H and O–H groups in total. The fourth-order valence-corrected chi connectivity index (χ4v) is 2.02. The Kier molecular flexibility index (Phi) is 5.46. The van der Waals surface area contributed by atoms with Gasteiger partial charge in [0.05, 0.1) is 18.9 Å². The molecule has 0 fully saturated rings. The molecule has 0 aliphatic rings. The van der Waals surface area contributed by atoms with E-state index >= 15 is 0 Å². The molecule has 5 heteroatoms. The lowest BCUT2D eigenvalue weighted by atomic mass is 10.2. The van der Waals surface area contributed by atoms with Crippen molar-refractivity contribution >= 4 is 17.3 Å². The Labute approximate surface area is 136 Å². The smallest absolute Gasteiger partial charge is 0.255 e. The second-order valence-corrected chi connectivity index (χ2v) is 5.27. The third-order valence-corrected chi connectivity index (χ3v) is 3.50. The fraction of sp³-hybridized carbons (Fsp3) is 0.278. The van der Waals surface area contributed by atoms with Gasteiger partial charge < -0.3 is 20.5 Å². The number of carbonyl (C=O) groups excluding carboxylic acids is 1. The number of rotatable bonds is 6. The molecule has 1 atom stereocenters. The summed E-state index contributed by atoms with van der Waals surface area (Å²) < 4.78 is 10.9. The highest BCUT2D eigenvalue weighted by Gasteiger charge is 2.11. The summed E-state index contributed by atoms with van der Waals surface area (Å²) in [5.41, 5.74) is 7.38. The summed E-state index contributed by atoms with van der Waals surface area (Å²) in [6.07, 6.45) is 1.07. The summed E-state index contributed by atoms with van der Waals surface area (Å²) in [5, 5.41) is 2.81. The van der Waals surface area contributed by atoms with Crippen LogP contribution in [0.25, 0.3) is 0 Å². The van der Waals surface area contributed by atoms with Crippen LogP contribution >= 0.6 is 0 Å². The number of nitrogens with two attached hydrogens (primary N) is 1. The summed E-state index contributed by atoms with van der Waals surface area (Å²) in [6.45, 7) is 4.07. The molecule has 0 bridgehead atoms. The Balaban J connectivity index is 2.10. The molecule has 2 rings (SSSR count). The molecular weight excluding hydrogens is 292 g/mol. The summed E-state index contributed by atoms with van der Waals surface area (Å²) in [7, 11) is 1.54. The SMILES string of the molecule is CC[C@@H](C)Oc1ccc(C(=O)Nc2cc(N)ccc2OC)cc1. The van der Waals surface area contributed by atoms with Crippen LogP contribution in [0, 0.1) is 0 Å². The molecule has 0 unspecified atom stereocenters. The number of anilines is 2. The molecule has 1 amide bonds. The van der Waals surface area contributed by atoms with Crippen LogP contribution < -0.4 is 20.5 Å². The average molecular weight is 314 g/mol. The van der Waals surface area contributed by atoms with Gasteiger partial charge in [0.1, 0.15) is 11.5 Å². The molecule has 2 aromatic carbocycles. The molecule has 0 radical (unpaired) electrons. The Morgan fingerprint density at radius 2 is 1.91 bits per heavy atom. The number of benzene rings is 2. The lowest BCUT2D eigenvalue weighted by molar-refractivity contribution is 0.102. The van der Waals surface area contributed by atoms with E-state index in [0.717, 1.165) is 12.2 Å². The van der Waals surface area contributed by atoms with E-state index in [2.05, 4.69) is 12.2 Å². The first-order chi connectivity index (χ1) is 11.0. The minimum absolute atomic E-state index is 0.145. The second-order valence-electron chi connectivity index (χ2n) is 5.27. The molecule has 5 nitrogen and oxygen atoms in total. The molecule has 0 aromatic heterocycles. The van der Waals surface area contributed by atoms with Gasteiger partial charge in [-0.1, -0.05) is 6.92 Å². The van der Waals surface area contributed by atoms with Crippen molar-refractivity contribution in [3.05, 3.63) is 48.0 Å². The number of methoxy groups -OCH3 is 1. The largest absolute Gasteiger partial charge is 0.495 e. The first kappa shape index (κ1) is 16.7. The number of nitrogens with one attached hydrogen (secondary N) is 1. The van der Waals surface area contributed by atoms with Crippen LogP contribution in [0.15, 0.2) is 42.5 Å². The van der Waals surface area contributed by atoms with Crippen molar-refractivity contribution in [2.45, 2.75) is 26.4 Å². The van der Waals surface area contributed by atoms with E-state index < -0.39 is 0 Å². The van der Waals surface area contributed by atoms with Crippen LogP contribution in [-0.4, -0.2) is 19.1 Å². The van der Waals surface area contributed by atoms with Gasteiger partial charge in [-0.15, -0.1) is 0 Å². The van der Waals surface area contributed by atoms with Crippen molar-refractivity contribution in [2.75, 3.05) is 18.2 Å². The Bertz CT molecular complexity index is 668. The quantitative estimate of drug-likeness (QED) is 0.797. The predicted molar refractivity (Wildman–Crippen MR) is 92.2 cm³/mol. The number of hydrogen-bond acceptors (Lipinski definition) is 4. The first-order valence-corrected chi connectivity index (χ1v) is 7.55. The molecule has 0 heterocycles. The Morgan fingerprint density at radius 1 is 1.22 bits per heavy atom. The van der Waals surface area contributed by atoms with Gasteiger partial charge in [-0.3, -0.25) is 4.79 Å². The standard InChI is InChI=1S/C18H22N2O3/c1-4-12(2)23-15-8-5-13(6-9-15)18(21)20-16-11-14(19)7-10-17(16)22-3/h5-12H,4,19H2,1-3H3,(H,20,21)/t12-/m1/s1. The third kappa shape index (κ3) is 4.39. The lowest BCUT2D eigenvalue weighted by Gasteiger charge is -2.13. The number of hydrogen-bond donors (Lipinski definition) is 2. The third-order valence-electron chi connectivity index (χ3n) is 3.50. The summed E-state index contributed by atoms with van der Waals surface area (Å²) in [5.74, 6) is 1.07. The van der Waals surface area contributed by atoms with Gasteiger partial charge in [0.15, 0.2) is 0 Å². The molecule has 2 aromatic rings. The van der Waals surface area contributed by atoms with E-state index in [1.165, 1.54) is 0 Å². The maximum absolute atomic E-state index is 12.3. The molecule has 0 saturated carbocycles. The van der Waals surface area contributed by atoms with E-state index in [1.807, 2.05) is 6.92 Å². The van der Waals surface area contributed by atoms with Crippen LogP contribution in [0.3, 0.4) is 0 Å². The maximum Gasteiger partial charge on any atom is 0.255 e. The van der Waals surface area contributed by atoms with Gasteiger partial charge >= 0.3 is 0 Å². The van der Waals surface area contributed by atoms with Crippen LogP contribution in [0.4, 0.5) is 11.4 Å². The normalized spacial score (nSPS) is 11.6. The maximum atomic E-state index is 12.3. The van der Waals surface area contributed by atoms with E-state index in [1.54, 1.807) is 49.6 Å². The van der Waals surface area contributed by atoms with Gasteiger partial charge in [-0.05, 0) is 55.8 Å². The highest BCUT2D eigenvalue weighted by atomic mass is 16.5. The van der Waals surface area contributed by atoms with E-state index in [-0.39, 0.29) is 12.0 Å². The zero-order valence-corrected chi connectivity index (χ0v) is 13.6. The number of nitrogen functional groups attached to an aromatic ring is 1. The van der Waals surface area contributed by atoms with Crippen LogP contribution in [0.2, 0.25) is 0 Å². The van der Waals surface area contributed by atoms with Crippen molar-refractivity contribution in [1.82, 2.24) is 0 Å². The number of amides is 1. The van der Waals surface area contributed by atoms with Crippen LogP contribution in [0.5, 0.6) is 11.5 Å². The van der Waals surface area contributed by atoms with Gasteiger partial charge in [-0.25, -0.2) is 0 Å². The molecule has 0 aliphatic carbocycles. The van der Waals surface area contributed by atoms with Gasteiger partial charge in [-0.2, -0.15) is 0 Å². The topological polar surface area (TPSA) is 73.6 Å². The second kappa shape index (κ2) is 7.54. The fourth-order valence-electron chi connectivity index (χ4n) is 2.02. The van der Waals surface area contributed by atoms with Crippen LogP contribution in [0.1, 0.15) is 30.6 Å². The molecule has 23 heavy (non-hydrogen) atoms. The van der Waals surface area contributed by atoms with Crippen molar-refractivity contribution in [2.24, 2.45) is 0 Å². The predicted octanol–water partition coefficient (Wildman–Crippen LogP) is 3.71. The summed E-state index contributed by atoms with van der Waals surface area (Å²) in [4.78, 5) is 12.3. The van der Waals surface area contributed by atoms with Crippen LogP contribution in [-0.2, 0) is 0 Å². The summed E-state index contributed by atoms with van der Waals surface area (Å²) >= 11 is 0. The molecule has 0 spiro atoms. The highest BCUT2D eigenvalue weighted by Crippen LogP contribution is 2.27. The summed E-state index contributed by atoms with van der Waals surface area (Å²) in [6, 6.07) is 12.1. The minimum Gasteiger partial charge on any atom is -0.495 e. The van der Waals surface area contributed by atoms with Crippen molar-refractivity contribution in [3.63, 3.8) is 0 Å². The Hall–Kier alpha value is -2.69. The van der Waals surface area contributed by atoms with Gasteiger partial charge in [0, 0.05) is 11.3 Å². The first-order valence-electron chi connectivity index (χ1n) is 7.55. The zero-order chi connectivity index (χ0) is 16.8. The Morgan fingerprint density at radius 3 is 2.52 bits per heavy atom. The molecule has 0 saturated heterocycles. The van der Waals surface area contributed by atoms with E-state index in [0.29, 0.717) is 22.7 Å². The molecule has 0 aliphatic heterocycles. The van der Waals surface area contributed by atoms with Gasteiger partial charge in [0.2, 0.25) is 0 Å². The van der Waals surface area contributed by atoms with E-state index in [9.17, 15) is 4.79 Å². The minimum atomic E-state index is -0.232. The average Bonchev–Trinajstić information content (AvgIpc) is 2.55. The van der Waals surface area contributed by atoms with Crippen molar-refractivity contribution in [1.29, 1.82) is 0 Å². The van der Waals surface area contributed by atoms with Gasteiger partial charge in [0.25, 0.3) is 5.91 Å². The lowest BCUT2D eigenvalue weighted by Crippen LogP contribution is -2.13. The monoisotopic (exact) mass is 314 g/mol. The molecule has 122 valence electrons. The van der Waals surface area contributed by atoms with Crippen molar-refractivity contribution < 1.29 is 14.3 Å².